The molecule has 0 saturated heterocycles. The molecule has 0 unspecified atom stereocenters. The second kappa shape index (κ2) is 4.16. The third-order valence-electron chi connectivity index (χ3n) is 2.78. The maximum atomic E-state index is 6.16. The van der Waals surface area contributed by atoms with Crippen molar-refractivity contribution in [2.24, 2.45) is 0 Å². The lowest BCUT2D eigenvalue weighted by atomic mass is 10.1. The van der Waals surface area contributed by atoms with Crippen molar-refractivity contribution < 1.29 is 0 Å². The van der Waals surface area contributed by atoms with E-state index in [1.54, 1.807) is 23.5 Å². The highest BCUT2D eigenvalue weighted by Gasteiger charge is 2.28. The summed E-state index contributed by atoms with van der Waals surface area (Å²) in [5.74, 6) is 0.606. The minimum absolute atomic E-state index is 0.606. The van der Waals surface area contributed by atoms with Crippen LogP contribution in [0.15, 0.2) is 18.2 Å². The third kappa shape index (κ3) is 2.15. The summed E-state index contributed by atoms with van der Waals surface area (Å²) in [4.78, 5) is 4.59. The second-order valence-corrected chi connectivity index (χ2v) is 6.07. The number of anilines is 1. The van der Waals surface area contributed by atoms with E-state index in [9.17, 15) is 0 Å². The first-order chi connectivity index (χ1) is 8.15. The molecule has 1 fully saturated rings. The van der Waals surface area contributed by atoms with Gasteiger partial charge in [-0.25, -0.2) is 4.98 Å². The summed E-state index contributed by atoms with van der Waals surface area (Å²) < 4.78 is 0. The summed E-state index contributed by atoms with van der Waals surface area (Å²) in [5, 5.41) is 3.11. The highest BCUT2D eigenvalue weighted by Crippen LogP contribution is 2.46. The minimum Gasteiger partial charge on any atom is -0.389 e. The monoisotopic (exact) mass is 284 g/mol. The molecule has 0 radical (unpaired) electrons. The van der Waals surface area contributed by atoms with Crippen molar-refractivity contribution in [1.29, 1.82) is 0 Å². The molecule has 0 bridgehead atoms. The number of benzene rings is 1. The predicted molar refractivity (Wildman–Crippen MR) is 74.0 cm³/mol. The van der Waals surface area contributed by atoms with Gasteiger partial charge in [0.2, 0.25) is 0 Å². The van der Waals surface area contributed by atoms with Gasteiger partial charge in [-0.05, 0) is 31.0 Å². The van der Waals surface area contributed by atoms with E-state index in [-0.39, 0.29) is 0 Å². The molecule has 5 heteroatoms. The van der Waals surface area contributed by atoms with E-state index in [1.165, 1.54) is 12.8 Å². The maximum absolute atomic E-state index is 6.16. The Hall–Kier alpha value is -0.770. The maximum Gasteiger partial charge on any atom is 0.114 e. The number of nitrogen functional groups attached to an aromatic ring is 1. The van der Waals surface area contributed by atoms with Gasteiger partial charge < -0.3 is 5.73 Å². The Morgan fingerprint density at radius 2 is 2.06 bits per heavy atom. The Morgan fingerprint density at radius 1 is 1.29 bits per heavy atom. The van der Waals surface area contributed by atoms with Crippen LogP contribution >= 0.6 is 34.5 Å². The summed E-state index contributed by atoms with van der Waals surface area (Å²) in [7, 11) is 0. The second-order valence-electron chi connectivity index (χ2n) is 4.16. The summed E-state index contributed by atoms with van der Waals surface area (Å²) in [6, 6.07) is 5.35. The van der Waals surface area contributed by atoms with E-state index in [1.807, 2.05) is 6.07 Å². The summed E-state index contributed by atoms with van der Waals surface area (Å²) >= 11 is 13.7. The Morgan fingerprint density at radius 3 is 2.76 bits per heavy atom. The fraction of sp³-hybridized carbons (Fsp3) is 0.250. The van der Waals surface area contributed by atoms with Crippen molar-refractivity contribution in [3.8, 4) is 11.3 Å². The number of hydrogen-bond donors (Lipinski definition) is 1. The fourth-order valence-corrected chi connectivity index (χ4v) is 3.12. The molecule has 0 atom stereocenters. The van der Waals surface area contributed by atoms with Crippen molar-refractivity contribution in [3.05, 3.63) is 33.3 Å². The number of aromatic nitrogens is 1. The SMILES string of the molecule is Nc1sc(C2CC2)nc1-c1cc(Cl)ccc1Cl. The van der Waals surface area contributed by atoms with Crippen LogP contribution in [-0.2, 0) is 0 Å². The van der Waals surface area contributed by atoms with Gasteiger partial charge in [0.05, 0.1) is 10.0 Å². The normalized spacial score (nSPS) is 15.2. The average Bonchev–Trinajstić information content (AvgIpc) is 3.07. The minimum atomic E-state index is 0.606. The van der Waals surface area contributed by atoms with Gasteiger partial charge in [-0.2, -0.15) is 0 Å². The van der Waals surface area contributed by atoms with Crippen LogP contribution in [0.4, 0.5) is 5.00 Å². The lowest BCUT2D eigenvalue weighted by Gasteiger charge is -2.02. The zero-order valence-electron chi connectivity index (χ0n) is 8.91. The van der Waals surface area contributed by atoms with Gasteiger partial charge in [-0.15, -0.1) is 11.3 Å². The lowest BCUT2D eigenvalue weighted by molar-refractivity contribution is 1.09. The van der Waals surface area contributed by atoms with Gasteiger partial charge in [0.25, 0.3) is 0 Å². The number of thiazole rings is 1. The lowest BCUT2D eigenvalue weighted by Crippen LogP contribution is -1.87. The first-order valence-electron chi connectivity index (χ1n) is 5.37. The van der Waals surface area contributed by atoms with Gasteiger partial charge >= 0.3 is 0 Å². The topological polar surface area (TPSA) is 38.9 Å². The largest absolute Gasteiger partial charge is 0.389 e. The van der Waals surface area contributed by atoms with Crippen LogP contribution < -0.4 is 5.73 Å². The average molecular weight is 285 g/mol. The Labute approximate surface area is 113 Å². The van der Waals surface area contributed by atoms with Crippen molar-refractivity contribution in [1.82, 2.24) is 4.98 Å². The van der Waals surface area contributed by atoms with Gasteiger partial charge in [0, 0.05) is 16.5 Å². The van der Waals surface area contributed by atoms with Crippen LogP contribution in [0.2, 0.25) is 10.0 Å². The van der Waals surface area contributed by atoms with Crippen molar-refractivity contribution in [2.45, 2.75) is 18.8 Å². The van der Waals surface area contributed by atoms with E-state index in [4.69, 9.17) is 28.9 Å². The zero-order chi connectivity index (χ0) is 12.0. The quantitative estimate of drug-likeness (QED) is 0.877. The molecular weight excluding hydrogens is 275 g/mol. The summed E-state index contributed by atoms with van der Waals surface area (Å²) in [6.45, 7) is 0. The van der Waals surface area contributed by atoms with E-state index < -0.39 is 0 Å². The van der Waals surface area contributed by atoms with Crippen LogP contribution in [0.3, 0.4) is 0 Å². The van der Waals surface area contributed by atoms with E-state index in [0.717, 1.165) is 21.3 Å². The third-order valence-corrected chi connectivity index (χ3v) is 4.39. The summed E-state index contributed by atoms with van der Waals surface area (Å²) in [5.41, 5.74) is 7.60. The Balaban J connectivity index is 2.10. The molecule has 1 saturated carbocycles. The molecule has 1 aromatic heterocycles. The Bertz CT molecular complexity index is 576. The number of nitrogens with zero attached hydrogens (tertiary/aromatic N) is 1. The first kappa shape index (κ1) is 11.3. The standard InChI is InChI=1S/C12H10Cl2N2S/c13-7-3-4-9(14)8(5-7)10-11(15)17-12(16-10)6-1-2-6/h3-6H,1-2,15H2. The molecule has 1 aliphatic carbocycles. The van der Waals surface area contributed by atoms with E-state index >= 15 is 0 Å². The molecule has 0 aliphatic heterocycles. The molecular formula is C12H10Cl2N2S. The van der Waals surface area contributed by atoms with Gasteiger partial charge in [0.1, 0.15) is 10.7 Å². The van der Waals surface area contributed by atoms with Crippen molar-refractivity contribution in [2.75, 3.05) is 5.73 Å². The van der Waals surface area contributed by atoms with Gasteiger partial charge in [-0.1, -0.05) is 23.2 Å². The van der Waals surface area contributed by atoms with Crippen LogP contribution in [-0.4, -0.2) is 4.98 Å². The molecule has 1 heterocycles. The van der Waals surface area contributed by atoms with E-state index in [2.05, 4.69) is 4.98 Å². The molecule has 1 aliphatic rings. The van der Waals surface area contributed by atoms with Crippen molar-refractivity contribution in [3.63, 3.8) is 0 Å². The van der Waals surface area contributed by atoms with Crippen LogP contribution in [0, 0.1) is 0 Å². The molecule has 17 heavy (non-hydrogen) atoms. The van der Waals surface area contributed by atoms with Crippen LogP contribution in [0.5, 0.6) is 0 Å². The molecule has 88 valence electrons. The molecule has 1 aromatic carbocycles. The predicted octanol–water partition coefficient (Wildman–Crippen LogP) is 4.58. The molecule has 2 nitrogen and oxygen atoms in total. The highest BCUT2D eigenvalue weighted by molar-refractivity contribution is 7.16. The number of rotatable bonds is 2. The molecule has 3 rings (SSSR count). The number of halogens is 2. The smallest absolute Gasteiger partial charge is 0.114 e. The molecule has 0 spiro atoms. The van der Waals surface area contributed by atoms with Gasteiger partial charge in [0.15, 0.2) is 0 Å². The fourth-order valence-electron chi connectivity index (χ4n) is 1.73. The Kier molecular flexibility index (Phi) is 2.77. The van der Waals surface area contributed by atoms with Crippen LogP contribution in [0.1, 0.15) is 23.8 Å². The van der Waals surface area contributed by atoms with E-state index in [0.29, 0.717) is 16.0 Å². The molecule has 0 amide bonds. The first-order valence-corrected chi connectivity index (χ1v) is 6.94. The number of nitrogens with two attached hydrogens (primary N) is 1. The number of hydrogen-bond acceptors (Lipinski definition) is 3. The van der Waals surface area contributed by atoms with Crippen LogP contribution in [0.25, 0.3) is 11.3 Å². The molecule has 2 aromatic rings. The van der Waals surface area contributed by atoms with Gasteiger partial charge in [-0.3, -0.25) is 0 Å². The highest BCUT2D eigenvalue weighted by atomic mass is 35.5. The van der Waals surface area contributed by atoms with Crippen molar-refractivity contribution >= 4 is 39.5 Å². The molecule has 2 N–H and O–H groups in total. The summed E-state index contributed by atoms with van der Waals surface area (Å²) in [6.07, 6.45) is 2.44. The zero-order valence-corrected chi connectivity index (χ0v) is 11.2.